The number of nitrogens with zero attached hydrogens (tertiary/aromatic N) is 1. The predicted octanol–water partition coefficient (Wildman–Crippen LogP) is 0.198. The first-order chi connectivity index (χ1) is 5.73. The minimum absolute atomic E-state index is 0.0481. The fourth-order valence-corrected chi connectivity index (χ4v) is 2.27. The second-order valence-electron chi connectivity index (χ2n) is 4.11. The Morgan fingerprint density at radius 1 is 1.42 bits per heavy atom. The van der Waals surface area contributed by atoms with Gasteiger partial charge in [-0.05, 0) is 26.3 Å². The summed E-state index contributed by atoms with van der Waals surface area (Å²) < 4.78 is 5.79. The SMILES string of the molecule is CN1CCC2(CC1)OCC[C@H]2N. The van der Waals surface area contributed by atoms with Gasteiger partial charge in [-0.1, -0.05) is 0 Å². The fourth-order valence-electron chi connectivity index (χ4n) is 2.27. The van der Waals surface area contributed by atoms with Gasteiger partial charge in [-0.3, -0.25) is 0 Å². The van der Waals surface area contributed by atoms with Crippen LogP contribution in [0, 0.1) is 0 Å². The predicted molar refractivity (Wildman–Crippen MR) is 48.0 cm³/mol. The van der Waals surface area contributed by atoms with Crippen molar-refractivity contribution in [2.45, 2.75) is 30.9 Å². The first kappa shape index (κ1) is 8.48. The van der Waals surface area contributed by atoms with Crippen molar-refractivity contribution >= 4 is 0 Å². The van der Waals surface area contributed by atoms with Gasteiger partial charge in [0.05, 0.1) is 5.60 Å². The average molecular weight is 170 g/mol. The van der Waals surface area contributed by atoms with Gasteiger partial charge in [-0.15, -0.1) is 0 Å². The molecule has 2 N–H and O–H groups in total. The largest absolute Gasteiger partial charge is 0.373 e. The van der Waals surface area contributed by atoms with Crippen molar-refractivity contribution in [2.75, 3.05) is 26.7 Å². The highest BCUT2D eigenvalue weighted by Crippen LogP contribution is 2.34. The van der Waals surface area contributed by atoms with Gasteiger partial charge in [0.25, 0.3) is 0 Å². The van der Waals surface area contributed by atoms with Gasteiger partial charge in [0, 0.05) is 25.7 Å². The highest BCUT2D eigenvalue weighted by molar-refractivity contribution is 4.98. The molecular weight excluding hydrogens is 152 g/mol. The van der Waals surface area contributed by atoms with Crippen LogP contribution >= 0.6 is 0 Å². The van der Waals surface area contributed by atoms with E-state index in [1.54, 1.807) is 0 Å². The summed E-state index contributed by atoms with van der Waals surface area (Å²) in [5, 5.41) is 0. The molecule has 3 nitrogen and oxygen atoms in total. The van der Waals surface area contributed by atoms with Crippen molar-refractivity contribution in [1.29, 1.82) is 0 Å². The molecule has 0 aromatic carbocycles. The van der Waals surface area contributed by atoms with Crippen LogP contribution in [0.4, 0.5) is 0 Å². The van der Waals surface area contributed by atoms with Crippen molar-refractivity contribution in [3.63, 3.8) is 0 Å². The summed E-state index contributed by atoms with van der Waals surface area (Å²) in [6.45, 7) is 3.13. The summed E-state index contributed by atoms with van der Waals surface area (Å²) >= 11 is 0. The number of hydrogen-bond donors (Lipinski definition) is 1. The van der Waals surface area contributed by atoms with Crippen LogP contribution in [-0.2, 0) is 4.74 Å². The summed E-state index contributed by atoms with van der Waals surface area (Å²) in [6.07, 6.45) is 3.28. The second-order valence-corrected chi connectivity index (χ2v) is 4.11. The molecule has 3 heteroatoms. The van der Waals surface area contributed by atoms with Crippen LogP contribution in [0.5, 0.6) is 0 Å². The molecule has 0 unspecified atom stereocenters. The molecule has 0 aromatic rings. The van der Waals surface area contributed by atoms with E-state index in [9.17, 15) is 0 Å². The standard InChI is InChI=1S/C9H18N2O/c1-11-5-3-9(4-6-11)8(10)2-7-12-9/h8H,2-7,10H2,1H3/t8-/m1/s1. The summed E-state index contributed by atoms with van der Waals surface area (Å²) in [6, 6.07) is 0.284. The molecule has 0 amide bonds. The third-order valence-corrected chi connectivity index (χ3v) is 3.33. The van der Waals surface area contributed by atoms with Crippen LogP contribution in [0.3, 0.4) is 0 Å². The molecule has 0 aromatic heterocycles. The highest BCUT2D eigenvalue weighted by Gasteiger charge is 2.43. The van der Waals surface area contributed by atoms with Crippen molar-refractivity contribution in [3.05, 3.63) is 0 Å². The molecule has 2 saturated heterocycles. The molecular formula is C9H18N2O. The van der Waals surface area contributed by atoms with E-state index in [1.165, 1.54) is 0 Å². The summed E-state index contributed by atoms with van der Waals surface area (Å²) in [5.74, 6) is 0. The van der Waals surface area contributed by atoms with E-state index in [0.29, 0.717) is 0 Å². The molecule has 0 radical (unpaired) electrons. The lowest BCUT2D eigenvalue weighted by molar-refractivity contribution is -0.0467. The molecule has 12 heavy (non-hydrogen) atoms. The van der Waals surface area contributed by atoms with Crippen molar-refractivity contribution in [1.82, 2.24) is 4.90 Å². The lowest BCUT2D eigenvalue weighted by atomic mass is 9.85. The summed E-state index contributed by atoms with van der Waals surface area (Å²) in [7, 11) is 2.16. The highest BCUT2D eigenvalue weighted by atomic mass is 16.5. The molecule has 1 atom stereocenters. The zero-order valence-corrected chi connectivity index (χ0v) is 7.75. The second kappa shape index (κ2) is 2.98. The van der Waals surface area contributed by atoms with Crippen molar-refractivity contribution in [2.24, 2.45) is 5.73 Å². The number of nitrogens with two attached hydrogens (primary N) is 1. The zero-order valence-electron chi connectivity index (χ0n) is 7.75. The van der Waals surface area contributed by atoms with E-state index in [-0.39, 0.29) is 11.6 Å². The molecule has 2 aliphatic heterocycles. The number of rotatable bonds is 0. The monoisotopic (exact) mass is 170 g/mol. The zero-order chi connectivity index (χ0) is 8.60. The van der Waals surface area contributed by atoms with E-state index in [2.05, 4.69) is 11.9 Å². The average Bonchev–Trinajstić information content (AvgIpc) is 2.41. The smallest absolute Gasteiger partial charge is 0.0857 e. The number of piperidine rings is 1. The van der Waals surface area contributed by atoms with E-state index in [0.717, 1.165) is 39.0 Å². The molecule has 70 valence electrons. The lowest BCUT2D eigenvalue weighted by Crippen LogP contribution is -2.51. The first-order valence-electron chi connectivity index (χ1n) is 4.81. The Balaban J connectivity index is 2.02. The number of hydrogen-bond acceptors (Lipinski definition) is 3. The van der Waals surface area contributed by atoms with Crippen LogP contribution in [0.1, 0.15) is 19.3 Å². The molecule has 2 fully saturated rings. The Bertz CT molecular complexity index is 164. The summed E-state index contributed by atoms with van der Waals surface area (Å²) in [5.41, 5.74) is 6.09. The van der Waals surface area contributed by atoms with Crippen LogP contribution in [0.15, 0.2) is 0 Å². The third kappa shape index (κ3) is 1.26. The maximum absolute atomic E-state index is 6.05. The summed E-state index contributed by atoms with van der Waals surface area (Å²) in [4.78, 5) is 2.35. The Kier molecular flexibility index (Phi) is 2.10. The van der Waals surface area contributed by atoms with Gasteiger partial charge in [-0.25, -0.2) is 0 Å². The third-order valence-electron chi connectivity index (χ3n) is 3.33. The number of ether oxygens (including phenoxy) is 1. The minimum atomic E-state index is 0.0481. The van der Waals surface area contributed by atoms with E-state index >= 15 is 0 Å². The molecule has 2 aliphatic rings. The lowest BCUT2D eigenvalue weighted by Gasteiger charge is -2.39. The van der Waals surface area contributed by atoms with Gasteiger partial charge in [-0.2, -0.15) is 0 Å². The van der Waals surface area contributed by atoms with Crippen LogP contribution < -0.4 is 5.73 Å². The van der Waals surface area contributed by atoms with Crippen LogP contribution in [0.25, 0.3) is 0 Å². The topological polar surface area (TPSA) is 38.5 Å². The molecule has 0 saturated carbocycles. The maximum atomic E-state index is 6.05. The van der Waals surface area contributed by atoms with Crippen molar-refractivity contribution in [3.8, 4) is 0 Å². The molecule has 0 aliphatic carbocycles. The van der Waals surface area contributed by atoms with Gasteiger partial charge in [0.1, 0.15) is 0 Å². The minimum Gasteiger partial charge on any atom is -0.373 e. The molecule has 2 rings (SSSR count). The van der Waals surface area contributed by atoms with Crippen molar-refractivity contribution < 1.29 is 4.74 Å². The molecule has 2 heterocycles. The van der Waals surface area contributed by atoms with Crippen LogP contribution in [0.2, 0.25) is 0 Å². The number of likely N-dealkylation sites (tertiary alicyclic amines) is 1. The molecule has 0 bridgehead atoms. The Morgan fingerprint density at radius 2 is 2.08 bits per heavy atom. The first-order valence-corrected chi connectivity index (χ1v) is 4.81. The van der Waals surface area contributed by atoms with E-state index in [1.807, 2.05) is 0 Å². The van der Waals surface area contributed by atoms with Gasteiger partial charge in [0.15, 0.2) is 0 Å². The van der Waals surface area contributed by atoms with E-state index < -0.39 is 0 Å². The quantitative estimate of drug-likeness (QED) is 0.564. The Hall–Kier alpha value is -0.120. The van der Waals surface area contributed by atoms with Crippen LogP contribution in [-0.4, -0.2) is 43.3 Å². The fraction of sp³-hybridized carbons (Fsp3) is 1.00. The maximum Gasteiger partial charge on any atom is 0.0857 e. The van der Waals surface area contributed by atoms with E-state index in [4.69, 9.17) is 10.5 Å². The normalized spacial score (nSPS) is 36.0. The van der Waals surface area contributed by atoms with Gasteiger partial charge in [0.2, 0.25) is 0 Å². The Labute approximate surface area is 73.9 Å². The van der Waals surface area contributed by atoms with Gasteiger partial charge < -0.3 is 15.4 Å². The molecule has 1 spiro atoms. The van der Waals surface area contributed by atoms with Gasteiger partial charge >= 0.3 is 0 Å². The Morgan fingerprint density at radius 3 is 2.58 bits per heavy atom.